The van der Waals surface area contributed by atoms with E-state index >= 15 is 0 Å². The summed E-state index contributed by atoms with van der Waals surface area (Å²) >= 11 is 0. The lowest BCUT2D eigenvalue weighted by molar-refractivity contribution is 0.0509. The summed E-state index contributed by atoms with van der Waals surface area (Å²) < 4.78 is 22.9. The molecule has 7 nitrogen and oxygen atoms in total. The van der Waals surface area contributed by atoms with E-state index in [1.165, 1.54) is 0 Å². The maximum atomic E-state index is 13.9. The number of piperidine rings is 1. The van der Waals surface area contributed by atoms with E-state index in [9.17, 15) is 4.79 Å². The molecule has 214 valence electrons. The molecule has 0 bridgehead atoms. The van der Waals surface area contributed by atoms with Crippen molar-refractivity contribution in [1.82, 2.24) is 10.2 Å². The average Bonchev–Trinajstić information content (AvgIpc) is 2.99. The van der Waals surface area contributed by atoms with Crippen LogP contribution in [0.1, 0.15) is 37.0 Å². The summed E-state index contributed by atoms with van der Waals surface area (Å²) in [6, 6.07) is 24.0. The highest BCUT2D eigenvalue weighted by molar-refractivity contribution is 5.95. The van der Waals surface area contributed by atoms with Crippen LogP contribution < -0.4 is 19.5 Å². The Balaban J connectivity index is 1.44. The first-order chi connectivity index (χ1) is 19.5. The van der Waals surface area contributed by atoms with E-state index in [0.717, 1.165) is 42.8 Å². The van der Waals surface area contributed by atoms with Gasteiger partial charge < -0.3 is 29.2 Å². The van der Waals surface area contributed by atoms with Crippen LogP contribution in [0.2, 0.25) is 0 Å². The second kappa shape index (κ2) is 14.7. The predicted octanol–water partition coefficient (Wildman–Crippen LogP) is 5.69. The molecular formula is C33H42N2O5. The molecule has 4 rings (SSSR count). The predicted molar refractivity (Wildman–Crippen MR) is 158 cm³/mol. The maximum absolute atomic E-state index is 13.9. The van der Waals surface area contributed by atoms with Gasteiger partial charge in [0.2, 0.25) is 0 Å². The second-order valence-electron chi connectivity index (χ2n) is 10.5. The molecule has 0 aromatic heterocycles. The van der Waals surface area contributed by atoms with Crippen molar-refractivity contribution in [3.63, 3.8) is 0 Å². The van der Waals surface area contributed by atoms with Crippen molar-refractivity contribution in [3.05, 3.63) is 78.4 Å². The van der Waals surface area contributed by atoms with Crippen molar-refractivity contribution < 1.29 is 23.7 Å². The van der Waals surface area contributed by atoms with Crippen LogP contribution in [0.5, 0.6) is 17.2 Å². The molecule has 1 amide bonds. The van der Waals surface area contributed by atoms with Crippen molar-refractivity contribution in [2.75, 3.05) is 47.1 Å². The molecule has 3 aromatic rings. The quantitative estimate of drug-likeness (QED) is 0.278. The number of benzene rings is 3. The van der Waals surface area contributed by atoms with E-state index in [1.54, 1.807) is 26.4 Å². The number of hydrogen-bond donors (Lipinski definition) is 1. The number of para-hydroxylation sites is 1. The minimum Gasteiger partial charge on any atom is -0.493 e. The van der Waals surface area contributed by atoms with Gasteiger partial charge in [-0.25, -0.2) is 0 Å². The Hall–Kier alpha value is -3.55. The molecule has 1 heterocycles. The van der Waals surface area contributed by atoms with Gasteiger partial charge in [0.1, 0.15) is 5.75 Å². The Bertz CT molecular complexity index is 1220. The summed E-state index contributed by atoms with van der Waals surface area (Å²) in [5.74, 6) is 2.31. The first-order valence-electron chi connectivity index (χ1n) is 14.1. The highest BCUT2D eigenvalue weighted by Gasteiger charge is 2.32. The van der Waals surface area contributed by atoms with Gasteiger partial charge >= 0.3 is 0 Å². The smallest absolute Gasteiger partial charge is 0.254 e. The van der Waals surface area contributed by atoms with E-state index in [4.69, 9.17) is 18.9 Å². The standard InChI is InChI=1S/C33H42N2O5/c1-24(2)35(33(36)27-15-16-31(38-4)32(20-27)39-18-10-17-37-3)28-19-25(21-34-22-28)23-40-30-14-9-8-13-29(30)26-11-6-5-7-12-26/h5-9,11-16,20,24-25,28,34H,10,17-19,21-23H2,1-4H3. The van der Waals surface area contributed by atoms with Crippen molar-refractivity contribution in [3.8, 4) is 28.4 Å². The molecule has 1 saturated heterocycles. The summed E-state index contributed by atoms with van der Waals surface area (Å²) in [6.07, 6.45) is 1.62. The molecule has 1 aliphatic rings. The van der Waals surface area contributed by atoms with Gasteiger partial charge in [-0.1, -0.05) is 48.5 Å². The lowest BCUT2D eigenvalue weighted by atomic mass is 9.93. The molecule has 0 radical (unpaired) electrons. The molecule has 1 aliphatic heterocycles. The third kappa shape index (κ3) is 7.55. The Labute approximate surface area is 238 Å². The molecule has 2 atom stereocenters. The number of ether oxygens (including phenoxy) is 4. The zero-order valence-corrected chi connectivity index (χ0v) is 24.1. The number of rotatable bonds is 13. The van der Waals surface area contributed by atoms with Gasteiger partial charge in [-0.2, -0.15) is 0 Å². The number of nitrogens with zero attached hydrogens (tertiary/aromatic N) is 1. The molecule has 1 fully saturated rings. The van der Waals surface area contributed by atoms with Crippen molar-refractivity contribution in [2.45, 2.75) is 38.8 Å². The van der Waals surface area contributed by atoms with Crippen LogP contribution in [-0.4, -0.2) is 70.0 Å². The van der Waals surface area contributed by atoms with Crippen LogP contribution in [-0.2, 0) is 4.74 Å². The maximum Gasteiger partial charge on any atom is 0.254 e. The number of amides is 1. The minimum absolute atomic E-state index is 0.0119. The first-order valence-corrected chi connectivity index (χ1v) is 14.1. The summed E-state index contributed by atoms with van der Waals surface area (Å²) in [5, 5.41) is 3.55. The van der Waals surface area contributed by atoms with Crippen molar-refractivity contribution >= 4 is 5.91 Å². The second-order valence-corrected chi connectivity index (χ2v) is 10.5. The molecule has 0 aliphatic carbocycles. The van der Waals surface area contributed by atoms with E-state index in [0.29, 0.717) is 36.9 Å². The van der Waals surface area contributed by atoms with Crippen LogP contribution in [0.3, 0.4) is 0 Å². The number of nitrogens with one attached hydrogen (secondary N) is 1. The Morgan fingerprint density at radius 2 is 1.68 bits per heavy atom. The van der Waals surface area contributed by atoms with Crippen LogP contribution >= 0.6 is 0 Å². The summed E-state index contributed by atoms with van der Waals surface area (Å²) in [5.41, 5.74) is 2.81. The van der Waals surface area contributed by atoms with E-state index in [-0.39, 0.29) is 23.9 Å². The van der Waals surface area contributed by atoms with Gasteiger partial charge in [0.05, 0.1) is 20.3 Å². The Morgan fingerprint density at radius 3 is 2.42 bits per heavy atom. The fourth-order valence-corrected chi connectivity index (χ4v) is 5.28. The minimum atomic E-state index is -0.0119. The topological polar surface area (TPSA) is 69.3 Å². The summed E-state index contributed by atoms with van der Waals surface area (Å²) in [6.45, 7) is 7.41. The number of methoxy groups -OCH3 is 2. The van der Waals surface area contributed by atoms with Crippen molar-refractivity contribution in [2.24, 2.45) is 5.92 Å². The van der Waals surface area contributed by atoms with Crippen LogP contribution in [0.25, 0.3) is 11.1 Å². The normalized spacial score (nSPS) is 16.9. The number of hydrogen-bond acceptors (Lipinski definition) is 6. The zero-order chi connectivity index (χ0) is 28.3. The molecule has 1 N–H and O–H groups in total. The molecule has 2 unspecified atom stereocenters. The van der Waals surface area contributed by atoms with Crippen LogP contribution in [0.4, 0.5) is 0 Å². The first kappa shape index (κ1) is 29.4. The third-order valence-corrected chi connectivity index (χ3v) is 7.21. The highest BCUT2D eigenvalue weighted by Crippen LogP contribution is 2.32. The van der Waals surface area contributed by atoms with Gasteiger partial charge in [0.25, 0.3) is 5.91 Å². The SMILES string of the molecule is COCCCOc1cc(C(=O)N(C(C)C)C2CNCC(COc3ccccc3-c3ccccc3)C2)ccc1OC. The van der Waals surface area contributed by atoms with Crippen molar-refractivity contribution in [1.29, 1.82) is 0 Å². The van der Waals surface area contributed by atoms with Gasteiger partial charge in [-0.15, -0.1) is 0 Å². The summed E-state index contributed by atoms with van der Waals surface area (Å²) in [4.78, 5) is 15.8. The largest absolute Gasteiger partial charge is 0.493 e. The molecule has 7 heteroatoms. The van der Waals surface area contributed by atoms with E-state index < -0.39 is 0 Å². The van der Waals surface area contributed by atoms with Crippen LogP contribution in [0.15, 0.2) is 72.8 Å². The van der Waals surface area contributed by atoms with E-state index in [2.05, 4.69) is 37.4 Å². The number of carbonyl (C=O) groups is 1. The fraction of sp³-hybridized carbons (Fsp3) is 0.424. The molecule has 0 saturated carbocycles. The Morgan fingerprint density at radius 1 is 0.900 bits per heavy atom. The lowest BCUT2D eigenvalue weighted by Gasteiger charge is -2.40. The third-order valence-electron chi connectivity index (χ3n) is 7.21. The molecule has 3 aromatic carbocycles. The monoisotopic (exact) mass is 546 g/mol. The zero-order valence-electron chi connectivity index (χ0n) is 24.1. The Kier molecular flexibility index (Phi) is 10.8. The molecule has 40 heavy (non-hydrogen) atoms. The lowest BCUT2D eigenvalue weighted by Crippen LogP contribution is -2.54. The van der Waals surface area contributed by atoms with Gasteiger partial charge in [-0.05, 0) is 50.1 Å². The van der Waals surface area contributed by atoms with Gasteiger partial charge in [-0.3, -0.25) is 4.79 Å². The average molecular weight is 547 g/mol. The molecule has 0 spiro atoms. The van der Waals surface area contributed by atoms with E-state index in [1.807, 2.05) is 47.4 Å². The highest BCUT2D eigenvalue weighted by atomic mass is 16.5. The van der Waals surface area contributed by atoms with Crippen LogP contribution in [0, 0.1) is 5.92 Å². The fourth-order valence-electron chi connectivity index (χ4n) is 5.28. The molecular weight excluding hydrogens is 504 g/mol. The van der Waals surface area contributed by atoms with Gasteiger partial charge in [0, 0.05) is 62.4 Å². The summed E-state index contributed by atoms with van der Waals surface area (Å²) in [7, 11) is 3.27. The van der Waals surface area contributed by atoms with Gasteiger partial charge in [0.15, 0.2) is 11.5 Å². The number of carbonyl (C=O) groups excluding carboxylic acids is 1.